The molecule has 1 N–H and O–H groups in total. The summed E-state index contributed by atoms with van der Waals surface area (Å²) in [7, 11) is 0. The van der Waals surface area contributed by atoms with E-state index in [0.29, 0.717) is 5.02 Å². The van der Waals surface area contributed by atoms with Gasteiger partial charge in [-0.1, -0.05) is 54.1 Å². The third-order valence-electron chi connectivity index (χ3n) is 4.56. The molecular weight excluding hydrogens is 346 g/mol. The van der Waals surface area contributed by atoms with Gasteiger partial charge in [0.25, 0.3) is 0 Å². The van der Waals surface area contributed by atoms with Gasteiger partial charge in [-0.15, -0.1) is 0 Å². The highest BCUT2D eigenvalue weighted by Gasteiger charge is 2.20. The maximum Gasteiger partial charge on any atom is 0.321 e. The second-order valence-corrected chi connectivity index (χ2v) is 6.93. The fourth-order valence-corrected chi connectivity index (χ4v) is 3.22. The highest BCUT2D eigenvalue weighted by Crippen LogP contribution is 2.20. The first kappa shape index (κ1) is 18.5. The van der Waals surface area contributed by atoms with E-state index in [-0.39, 0.29) is 6.03 Å². The average molecular weight is 370 g/mol. The zero-order valence-corrected chi connectivity index (χ0v) is 15.7. The van der Waals surface area contributed by atoms with Crippen LogP contribution >= 0.6 is 11.6 Å². The van der Waals surface area contributed by atoms with Crippen LogP contribution in [0.4, 0.5) is 10.5 Å². The molecule has 1 heterocycles. The first-order chi connectivity index (χ1) is 12.6. The molecule has 3 rings (SSSR count). The van der Waals surface area contributed by atoms with Gasteiger partial charge in [-0.2, -0.15) is 0 Å². The Labute approximate surface area is 160 Å². The number of hydrogen-bond donors (Lipinski definition) is 1. The standard InChI is InChI=1S/C21H24ClN3O/c1-17-16-19(22)9-10-20(17)23-21(26)25-14-12-24(13-15-25)11-5-8-18-6-3-2-4-7-18/h2-10,16H,11-15H2,1H3,(H,23,26)/b8-5+. The van der Waals surface area contributed by atoms with E-state index in [1.54, 1.807) is 6.07 Å². The van der Waals surface area contributed by atoms with E-state index in [1.807, 2.05) is 42.2 Å². The number of carbonyl (C=O) groups is 1. The molecule has 0 radical (unpaired) electrons. The number of amides is 2. The fourth-order valence-electron chi connectivity index (χ4n) is 3.00. The fraction of sp³-hybridized carbons (Fsp3) is 0.286. The number of hydrogen-bond acceptors (Lipinski definition) is 2. The van der Waals surface area contributed by atoms with Crippen molar-refractivity contribution in [3.05, 3.63) is 70.8 Å². The number of nitrogens with zero attached hydrogens (tertiary/aromatic N) is 2. The summed E-state index contributed by atoms with van der Waals surface area (Å²) in [5.74, 6) is 0. The number of anilines is 1. The Balaban J connectivity index is 1.45. The SMILES string of the molecule is Cc1cc(Cl)ccc1NC(=O)N1CCN(C/C=C/c2ccccc2)CC1. The molecule has 2 amide bonds. The van der Waals surface area contributed by atoms with Gasteiger partial charge in [0.15, 0.2) is 0 Å². The Morgan fingerprint density at radius 2 is 1.85 bits per heavy atom. The molecular formula is C21H24ClN3O. The minimum Gasteiger partial charge on any atom is -0.322 e. The molecule has 0 unspecified atom stereocenters. The first-order valence-corrected chi connectivity index (χ1v) is 9.25. The van der Waals surface area contributed by atoms with Gasteiger partial charge in [0.05, 0.1) is 0 Å². The molecule has 1 aliphatic rings. The molecule has 5 heteroatoms. The van der Waals surface area contributed by atoms with Gasteiger partial charge in [-0.3, -0.25) is 4.90 Å². The summed E-state index contributed by atoms with van der Waals surface area (Å²) in [6.45, 7) is 6.08. The summed E-state index contributed by atoms with van der Waals surface area (Å²) in [4.78, 5) is 16.7. The Morgan fingerprint density at radius 3 is 2.54 bits per heavy atom. The molecule has 2 aromatic carbocycles. The number of benzene rings is 2. The quantitative estimate of drug-likeness (QED) is 0.860. The van der Waals surface area contributed by atoms with E-state index in [1.165, 1.54) is 5.56 Å². The number of halogens is 1. The van der Waals surface area contributed by atoms with E-state index in [9.17, 15) is 4.79 Å². The molecule has 0 aromatic heterocycles. The van der Waals surface area contributed by atoms with Crippen LogP contribution in [0, 0.1) is 6.92 Å². The molecule has 2 aromatic rings. The number of carbonyl (C=O) groups excluding carboxylic acids is 1. The molecule has 0 atom stereocenters. The summed E-state index contributed by atoms with van der Waals surface area (Å²) >= 11 is 5.96. The van der Waals surface area contributed by atoms with E-state index in [2.05, 4.69) is 34.5 Å². The third-order valence-corrected chi connectivity index (χ3v) is 4.80. The normalized spacial score (nSPS) is 15.4. The number of urea groups is 1. The zero-order chi connectivity index (χ0) is 18.4. The molecule has 1 aliphatic heterocycles. The number of piperazine rings is 1. The van der Waals surface area contributed by atoms with Gasteiger partial charge in [0.1, 0.15) is 0 Å². The van der Waals surface area contributed by atoms with Crippen LogP contribution in [0.5, 0.6) is 0 Å². The van der Waals surface area contributed by atoms with E-state index >= 15 is 0 Å². The van der Waals surface area contributed by atoms with Crippen molar-refractivity contribution in [2.24, 2.45) is 0 Å². The molecule has 1 saturated heterocycles. The van der Waals surface area contributed by atoms with E-state index in [4.69, 9.17) is 11.6 Å². The maximum atomic E-state index is 12.5. The van der Waals surface area contributed by atoms with Crippen LogP contribution in [0.15, 0.2) is 54.6 Å². The molecule has 0 bridgehead atoms. The molecule has 4 nitrogen and oxygen atoms in total. The van der Waals surface area contributed by atoms with Gasteiger partial charge in [0.2, 0.25) is 0 Å². The lowest BCUT2D eigenvalue weighted by molar-refractivity contribution is 0.156. The van der Waals surface area contributed by atoms with Crippen LogP contribution in [-0.2, 0) is 0 Å². The second-order valence-electron chi connectivity index (χ2n) is 6.49. The predicted molar refractivity (Wildman–Crippen MR) is 109 cm³/mol. The minimum atomic E-state index is -0.0464. The minimum absolute atomic E-state index is 0.0464. The highest BCUT2D eigenvalue weighted by atomic mass is 35.5. The van der Waals surface area contributed by atoms with Crippen molar-refractivity contribution in [1.29, 1.82) is 0 Å². The zero-order valence-electron chi connectivity index (χ0n) is 15.0. The van der Waals surface area contributed by atoms with Gasteiger partial charge >= 0.3 is 6.03 Å². The maximum absolute atomic E-state index is 12.5. The topological polar surface area (TPSA) is 35.6 Å². The predicted octanol–water partition coefficient (Wildman–Crippen LogP) is 4.51. The van der Waals surface area contributed by atoms with Gasteiger partial charge in [-0.05, 0) is 36.2 Å². The highest BCUT2D eigenvalue weighted by molar-refractivity contribution is 6.30. The van der Waals surface area contributed by atoms with Crippen LogP contribution in [0.3, 0.4) is 0 Å². The lowest BCUT2D eigenvalue weighted by Gasteiger charge is -2.34. The monoisotopic (exact) mass is 369 g/mol. The molecule has 26 heavy (non-hydrogen) atoms. The van der Waals surface area contributed by atoms with Crippen LogP contribution in [0.25, 0.3) is 6.08 Å². The lowest BCUT2D eigenvalue weighted by Crippen LogP contribution is -2.49. The Bertz CT molecular complexity index is 768. The first-order valence-electron chi connectivity index (χ1n) is 8.88. The molecule has 0 saturated carbocycles. The Morgan fingerprint density at radius 1 is 1.12 bits per heavy atom. The summed E-state index contributed by atoms with van der Waals surface area (Å²) in [6.07, 6.45) is 4.32. The second kappa shape index (κ2) is 8.88. The Kier molecular flexibility index (Phi) is 6.31. The number of aryl methyl sites for hydroxylation is 1. The average Bonchev–Trinajstić information content (AvgIpc) is 2.65. The molecule has 0 spiro atoms. The smallest absolute Gasteiger partial charge is 0.321 e. The molecule has 0 aliphatic carbocycles. The number of nitrogens with one attached hydrogen (secondary N) is 1. The van der Waals surface area contributed by atoms with Gasteiger partial charge in [-0.25, -0.2) is 4.79 Å². The van der Waals surface area contributed by atoms with Crippen molar-refractivity contribution in [1.82, 2.24) is 9.80 Å². The van der Waals surface area contributed by atoms with Crippen molar-refractivity contribution < 1.29 is 4.79 Å². The van der Waals surface area contributed by atoms with Crippen molar-refractivity contribution in [3.8, 4) is 0 Å². The van der Waals surface area contributed by atoms with E-state index < -0.39 is 0 Å². The summed E-state index contributed by atoms with van der Waals surface area (Å²) in [5, 5.41) is 3.66. The van der Waals surface area contributed by atoms with Crippen LogP contribution in [0.2, 0.25) is 5.02 Å². The van der Waals surface area contributed by atoms with E-state index in [0.717, 1.165) is 44.0 Å². The largest absolute Gasteiger partial charge is 0.322 e. The third kappa shape index (κ3) is 5.10. The number of rotatable bonds is 4. The van der Waals surface area contributed by atoms with Crippen molar-refractivity contribution >= 4 is 29.4 Å². The van der Waals surface area contributed by atoms with Crippen LogP contribution in [-0.4, -0.2) is 48.6 Å². The summed E-state index contributed by atoms with van der Waals surface area (Å²) < 4.78 is 0. The lowest BCUT2D eigenvalue weighted by atomic mass is 10.2. The van der Waals surface area contributed by atoms with Crippen molar-refractivity contribution in [2.45, 2.75) is 6.92 Å². The van der Waals surface area contributed by atoms with Gasteiger partial charge < -0.3 is 10.2 Å². The van der Waals surface area contributed by atoms with Crippen LogP contribution < -0.4 is 5.32 Å². The molecule has 136 valence electrons. The van der Waals surface area contributed by atoms with Crippen molar-refractivity contribution in [2.75, 3.05) is 38.0 Å². The van der Waals surface area contributed by atoms with Crippen LogP contribution in [0.1, 0.15) is 11.1 Å². The van der Waals surface area contributed by atoms with Crippen molar-refractivity contribution in [3.63, 3.8) is 0 Å². The molecule has 1 fully saturated rings. The summed E-state index contributed by atoms with van der Waals surface area (Å²) in [6, 6.07) is 15.7. The van der Waals surface area contributed by atoms with Gasteiger partial charge in [0, 0.05) is 43.4 Å². The summed E-state index contributed by atoms with van der Waals surface area (Å²) in [5.41, 5.74) is 2.99. The Hall–Kier alpha value is -2.30.